The van der Waals surface area contributed by atoms with Crippen molar-refractivity contribution in [3.63, 3.8) is 0 Å². The standard InChI is InChI=1S/C32H45NO3Si/c1-7-8-15-27-23-32(30(35-27)21-20-26(36-32)22-25(2)33-6)24-34-37(31(3,4)5,28-16-11-9-12-17-28)29-18-13-10-14-19-29/h9-14,16-19,25-27,30H,7-8,15,20-24H2,1-5H3/t25-,26-,27+,30+,32-/m1/s1. The van der Waals surface area contributed by atoms with Gasteiger partial charge in [-0.3, -0.25) is 0 Å². The number of fused-ring (bicyclic) bond motifs is 1. The Balaban J connectivity index is 1.71. The minimum absolute atomic E-state index is 0.0330. The maximum atomic E-state index is 7.48. The Morgan fingerprint density at radius 3 is 2.19 bits per heavy atom. The lowest BCUT2D eigenvalue weighted by molar-refractivity contribution is -0.181. The normalized spacial score (nSPS) is 26.9. The van der Waals surface area contributed by atoms with Crippen molar-refractivity contribution < 1.29 is 13.9 Å². The molecule has 0 radical (unpaired) electrons. The number of hydrogen-bond acceptors (Lipinski definition) is 3. The van der Waals surface area contributed by atoms with Crippen molar-refractivity contribution in [3.05, 3.63) is 72.1 Å². The van der Waals surface area contributed by atoms with Gasteiger partial charge in [-0.05, 0) is 34.7 Å². The average molecular weight is 520 g/mol. The van der Waals surface area contributed by atoms with Crippen molar-refractivity contribution in [1.82, 2.24) is 0 Å². The molecule has 200 valence electrons. The lowest BCUT2D eigenvalue weighted by atomic mass is 9.85. The number of unbranched alkanes of at least 4 members (excludes halogenated alkanes) is 1. The summed E-state index contributed by atoms with van der Waals surface area (Å²) in [7, 11) is -2.69. The van der Waals surface area contributed by atoms with E-state index in [2.05, 4.69) is 93.2 Å². The van der Waals surface area contributed by atoms with E-state index in [1.165, 1.54) is 23.2 Å². The van der Waals surface area contributed by atoms with Crippen LogP contribution >= 0.6 is 0 Å². The molecule has 2 aromatic rings. The Kier molecular flexibility index (Phi) is 8.96. The van der Waals surface area contributed by atoms with Crippen LogP contribution in [0, 0.1) is 6.57 Å². The van der Waals surface area contributed by atoms with Crippen molar-refractivity contribution >= 4 is 18.7 Å². The van der Waals surface area contributed by atoms with Gasteiger partial charge in [0, 0.05) is 19.8 Å². The van der Waals surface area contributed by atoms with Gasteiger partial charge in [0.2, 0.25) is 6.04 Å². The van der Waals surface area contributed by atoms with Gasteiger partial charge < -0.3 is 18.7 Å². The molecule has 4 rings (SSSR count). The molecule has 0 spiro atoms. The first-order valence-corrected chi connectivity index (χ1v) is 16.1. The van der Waals surface area contributed by atoms with E-state index in [1.807, 2.05) is 6.92 Å². The lowest BCUT2D eigenvalue weighted by Gasteiger charge is -2.47. The van der Waals surface area contributed by atoms with E-state index in [9.17, 15) is 0 Å². The fraction of sp³-hybridized carbons (Fsp3) is 0.594. The van der Waals surface area contributed by atoms with E-state index < -0.39 is 13.9 Å². The Morgan fingerprint density at radius 2 is 1.65 bits per heavy atom. The molecule has 0 aliphatic carbocycles. The number of hydrogen-bond donors (Lipinski definition) is 0. The Labute approximate surface area is 225 Å². The molecule has 37 heavy (non-hydrogen) atoms. The molecule has 0 amide bonds. The SMILES string of the molecule is [C-]#[N+][C@H](C)C[C@H]1CC[C@@H]2O[C@@H](CCCC)C[C@]2(CO[Si](c2ccccc2)(c2ccccc2)C(C)(C)C)O1. The van der Waals surface area contributed by atoms with E-state index in [-0.39, 0.29) is 29.4 Å². The largest absolute Gasteiger partial charge is 0.404 e. The highest BCUT2D eigenvalue weighted by atomic mass is 28.4. The molecule has 4 nitrogen and oxygen atoms in total. The monoisotopic (exact) mass is 519 g/mol. The number of rotatable bonds is 10. The minimum atomic E-state index is -2.69. The summed E-state index contributed by atoms with van der Waals surface area (Å²) in [6, 6.07) is 21.7. The molecule has 0 bridgehead atoms. The summed E-state index contributed by atoms with van der Waals surface area (Å²) < 4.78 is 21.1. The fourth-order valence-corrected chi connectivity index (χ4v) is 11.1. The summed E-state index contributed by atoms with van der Waals surface area (Å²) >= 11 is 0. The van der Waals surface area contributed by atoms with E-state index >= 15 is 0 Å². The van der Waals surface area contributed by atoms with Gasteiger partial charge in [0.25, 0.3) is 8.32 Å². The van der Waals surface area contributed by atoms with Crippen LogP contribution in [0.15, 0.2) is 60.7 Å². The molecule has 0 saturated carbocycles. The smallest absolute Gasteiger partial charge is 0.261 e. The molecule has 0 N–H and O–H groups in total. The first-order valence-electron chi connectivity index (χ1n) is 14.2. The third-order valence-corrected chi connectivity index (χ3v) is 13.3. The summed E-state index contributed by atoms with van der Waals surface area (Å²) in [5.41, 5.74) is -0.462. The summed E-state index contributed by atoms with van der Waals surface area (Å²) in [6.45, 7) is 19.2. The van der Waals surface area contributed by atoms with Crippen LogP contribution in [-0.2, 0) is 13.9 Å². The quantitative estimate of drug-likeness (QED) is 0.264. The van der Waals surface area contributed by atoms with Gasteiger partial charge >= 0.3 is 0 Å². The molecule has 2 heterocycles. The van der Waals surface area contributed by atoms with Crippen LogP contribution in [0.4, 0.5) is 0 Å². The summed E-state index contributed by atoms with van der Waals surface area (Å²) in [6.07, 6.45) is 7.32. The second kappa shape index (κ2) is 11.8. The van der Waals surface area contributed by atoms with Gasteiger partial charge in [-0.1, -0.05) is 101 Å². The van der Waals surface area contributed by atoms with Gasteiger partial charge in [-0.15, -0.1) is 0 Å². The molecular formula is C32H45NO3Si. The van der Waals surface area contributed by atoms with Crippen LogP contribution in [0.5, 0.6) is 0 Å². The van der Waals surface area contributed by atoms with E-state index in [4.69, 9.17) is 20.5 Å². The predicted molar refractivity (Wildman–Crippen MR) is 154 cm³/mol. The minimum Gasteiger partial charge on any atom is -0.404 e. The maximum Gasteiger partial charge on any atom is 0.261 e. The molecule has 0 unspecified atom stereocenters. The van der Waals surface area contributed by atoms with Gasteiger partial charge in [-0.2, -0.15) is 0 Å². The van der Waals surface area contributed by atoms with E-state index in [0.29, 0.717) is 6.61 Å². The lowest BCUT2D eigenvalue weighted by Crippen LogP contribution is -2.68. The highest BCUT2D eigenvalue weighted by molar-refractivity contribution is 6.99. The third kappa shape index (κ3) is 5.88. The maximum absolute atomic E-state index is 7.48. The molecule has 2 aliphatic heterocycles. The zero-order valence-electron chi connectivity index (χ0n) is 23.4. The Hall–Kier alpha value is -1.97. The number of benzene rings is 2. The molecule has 5 heteroatoms. The van der Waals surface area contributed by atoms with Crippen molar-refractivity contribution in [2.45, 2.75) is 115 Å². The molecule has 2 saturated heterocycles. The molecular weight excluding hydrogens is 474 g/mol. The summed E-state index contributed by atoms with van der Waals surface area (Å²) in [5, 5.41) is 2.49. The molecule has 5 atom stereocenters. The van der Waals surface area contributed by atoms with Crippen molar-refractivity contribution in [2.75, 3.05) is 6.61 Å². The van der Waals surface area contributed by atoms with Crippen LogP contribution in [0.3, 0.4) is 0 Å². The fourth-order valence-electron chi connectivity index (χ4n) is 6.48. The predicted octanol–water partition coefficient (Wildman–Crippen LogP) is 6.53. The Bertz CT molecular complexity index is 992. The number of ether oxygens (including phenoxy) is 2. The third-order valence-electron chi connectivity index (χ3n) is 8.32. The topological polar surface area (TPSA) is 32.0 Å². The second-order valence-electron chi connectivity index (χ2n) is 12.1. The van der Waals surface area contributed by atoms with Crippen molar-refractivity contribution in [1.29, 1.82) is 0 Å². The van der Waals surface area contributed by atoms with Gasteiger partial charge in [-0.25, -0.2) is 6.57 Å². The molecule has 2 fully saturated rings. The molecule has 2 aromatic carbocycles. The van der Waals surface area contributed by atoms with Crippen LogP contribution < -0.4 is 10.4 Å². The average Bonchev–Trinajstić information content (AvgIpc) is 3.26. The van der Waals surface area contributed by atoms with Crippen molar-refractivity contribution in [2.24, 2.45) is 0 Å². The second-order valence-corrected chi connectivity index (χ2v) is 16.4. The van der Waals surface area contributed by atoms with Crippen molar-refractivity contribution in [3.8, 4) is 0 Å². The van der Waals surface area contributed by atoms with E-state index in [0.717, 1.165) is 32.1 Å². The molecule has 0 aromatic heterocycles. The highest BCUT2D eigenvalue weighted by Crippen LogP contribution is 2.46. The van der Waals surface area contributed by atoms with Crippen LogP contribution in [0.1, 0.15) is 79.6 Å². The summed E-state index contributed by atoms with van der Waals surface area (Å²) in [5.74, 6) is 0. The van der Waals surface area contributed by atoms with Crippen LogP contribution in [0.25, 0.3) is 4.85 Å². The molecule has 2 aliphatic rings. The van der Waals surface area contributed by atoms with Gasteiger partial charge in [0.15, 0.2) is 0 Å². The van der Waals surface area contributed by atoms with E-state index in [1.54, 1.807) is 0 Å². The zero-order chi connectivity index (χ0) is 26.5. The highest BCUT2D eigenvalue weighted by Gasteiger charge is 2.57. The number of nitrogens with zero attached hydrogens (tertiary/aromatic N) is 1. The first kappa shape index (κ1) is 28.0. The van der Waals surface area contributed by atoms with Crippen LogP contribution in [-0.4, -0.2) is 44.9 Å². The van der Waals surface area contributed by atoms with Gasteiger partial charge in [0.05, 0.1) is 24.9 Å². The Morgan fingerprint density at radius 1 is 1.03 bits per heavy atom. The van der Waals surface area contributed by atoms with Gasteiger partial charge in [0.1, 0.15) is 5.60 Å². The zero-order valence-corrected chi connectivity index (χ0v) is 24.4. The first-order chi connectivity index (χ1) is 17.7. The van der Waals surface area contributed by atoms with Crippen LogP contribution in [0.2, 0.25) is 5.04 Å². The summed E-state index contributed by atoms with van der Waals surface area (Å²) in [4.78, 5) is 3.76.